The van der Waals surface area contributed by atoms with E-state index in [4.69, 9.17) is 10.8 Å². The van der Waals surface area contributed by atoms with Gasteiger partial charge < -0.3 is 10.8 Å². The Kier molecular flexibility index (Phi) is 7.08. The highest BCUT2D eigenvalue weighted by Gasteiger charge is 2.21. The first-order chi connectivity index (χ1) is 11.2. The largest absolute Gasteiger partial charge is 0.481 e. The molecule has 0 heterocycles. The molecule has 0 saturated heterocycles. The molecular weight excluding hydrogens is 348 g/mol. The molecule has 0 aliphatic rings. The van der Waals surface area contributed by atoms with Crippen molar-refractivity contribution in [3.63, 3.8) is 0 Å². The number of rotatable bonds is 5. The summed E-state index contributed by atoms with van der Waals surface area (Å²) >= 11 is 0. The molecule has 0 aliphatic heterocycles. The van der Waals surface area contributed by atoms with Gasteiger partial charge in [-0.05, 0) is 66.3 Å². The first-order valence-electron chi connectivity index (χ1n) is 7.69. The van der Waals surface area contributed by atoms with Gasteiger partial charge in [0.05, 0.1) is 6.42 Å². The van der Waals surface area contributed by atoms with Crippen molar-refractivity contribution in [3.05, 3.63) is 58.1 Å². The predicted octanol–water partition coefficient (Wildman–Crippen LogP) is 5.11. The SMILES string of the molecule is Cc1cccc(C)c1-c1cc(C(F)F)c(C)c(C(N)CC(=O)O)c1.Cl. The Labute approximate surface area is 152 Å². The summed E-state index contributed by atoms with van der Waals surface area (Å²) in [6, 6.07) is 8.14. The van der Waals surface area contributed by atoms with Gasteiger partial charge in [0.1, 0.15) is 0 Å². The zero-order chi connectivity index (χ0) is 18.0. The zero-order valence-corrected chi connectivity index (χ0v) is 15.2. The van der Waals surface area contributed by atoms with Crippen LogP contribution in [0.1, 0.15) is 46.7 Å². The Morgan fingerprint density at radius 3 is 2.12 bits per heavy atom. The van der Waals surface area contributed by atoms with Crippen LogP contribution in [-0.2, 0) is 4.79 Å². The molecule has 3 nitrogen and oxygen atoms in total. The molecule has 0 amide bonds. The first kappa shape index (κ1) is 21.1. The highest BCUT2D eigenvalue weighted by Crippen LogP contribution is 2.36. The molecule has 0 aromatic heterocycles. The summed E-state index contributed by atoms with van der Waals surface area (Å²) in [6.45, 7) is 5.40. The van der Waals surface area contributed by atoms with Crippen LogP contribution in [0, 0.1) is 20.8 Å². The van der Waals surface area contributed by atoms with Gasteiger partial charge in [-0.2, -0.15) is 0 Å². The van der Waals surface area contributed by atoms with Gasteiger partial charge in [-0.25, -0.2) is 8.78 Å². The number of aliphatic carboxylic acids is 1. The molecule has 1 unspecified atom stereocenters. The summed E-state index contributed by atoms with van der Waals surface area (Å²) in [4.78, 5) is 10.9. The second-order valence-electron chi connectivity index (χ2n) is 6.05. The van der Waals surface area contributed by atoms with E-state index in [1.54, 1.807) is 13.0 Å². The predicted molar refractivity (Wildman–Crippen MR) is 97.5 cm³/mol. The monoisotopic (exact) mass is 369 g/mol. The number of hydrogen-bond acceptors (Lipinski definition) is 2. The van der Waals surface area contributed by atoms with Crippen molar-refractivity contribution in [2.75, 3.05) is 0 Å². The molecule has 0 aliphatic carbocycles. The second-order valence-corrected chi connectivity index (χ2v) is 6.05. The topological polar surface area (TPSA) is 63.3 Å². The van der Waals surface area contributed by atoms with E-state index in [2.05, 4.69) is 0 Å². The number of nitrogens with two attached hydrogens (primary N) is 1. The zero-order valence-electron chi connectivity index (χ0n) is 14.3. The Balaban J connectivity index is 0.00000312. The van der Waals surface area contributed by atoms with E-state index in [1.807, 2.05) is 32.0 Å². The van der Waals surface area contributed by atoms with Gasteiger partial charge in [0.2, 0.25) is 0 Å². The Bertz CT molecular complexity index is 758. The quantitative estimate of drug-likeness (QED) is 0.769. The Hall–Kier alpha value is -1.98. The van der Waals surface area contributed by atoms with Crippen molar-refractivity contribution < 1.29 is 18.7 Å². The average molecular weight is 370 g/mol. The van der Waals surface area contributed by atoms with Crippen LogP contribution < -0.4 is 5.73 Å². The molecule has 0 radical (unpaired) electrons. The van der Waals surface area contributed by atoms with Crippen molar-refractivity contribution in [2.24, 2.45) is 5.73 Å². The highest BCUT2D eigenvalue weighted by molar-refractivity contribution is 5.85. The molecule has 136 valence electrons. The number of alkyl halides is 2. The lowest BCUT2D eigenvalue weighted by Gasteiger charge is -2.20. The van der Waals surface area contributed by atoms with Crippen molar-refractivity contribution >= 4 is 18.4 Å². The van der Waals surface area contributed by atoms with Gasteiger partial charge in [0, 0.05) is 11.6 Å². The summed E-state index contributed by atoms with van der Waals surface area (Å²) < 4.78 is 26.9. The highest BCUT2D eigenvalue weighted by atomic mass is 35.5. The molecule has 0 bridgehead atoms. The van der Waals surface area contributed by atoms with Crippen molar-refractivity contribution in [3.8, 4) is 11.1 Å². The third-order valence-electron chi connectivity index (χ3n) is 4.29. The fraction of sp³-hybridized carbons (Fsp3) is 0.316. The van der Waals surface area contributed by atoms with Crippen LogP contribution >= 0.6 is 12.4 Å². The molecule has 2 aromatic rings. The average Bonchev–Trinajstić information content (AvgIpc) is 2.47. The first-order valence-corrected chi connectivity index (χ1v) is 7.69. The van der Waals surface area contributed by atoms with Crippen LogP contribution in [0.4, 0.5) is 8.78 Å². The van der Waals surface area contributed by atoms with Crippen molar-refractivity contribution in [1.82, 2.24) is 0 Å². The van der Waals surface area contributed by atoms with Gasteiger partial charge in [0.15, 0.2) is 0 Å². The van der Waals surface area contributed by atoms with Gasteiger partial charge >= 0.3 is 5.97 Å². The maximum atomic E-state index is 13.5. The number of aryl methyl sites for hydroxylation is 2. The number of hydrogen-bond donors (Lipinski definition) is 2. The van der Waals surface area contributed by atoms with Gasteiger partial charge in [-0.3, -0.25) is 4.79 Å². The molecule has 0 fully saturated rings. The number of carbonyl (C=O) groups is 1. The Morgan fingerprint density at radius 1 is 1.12 bits per heavy atom. The molecular formula is C19H22ClF2NO2. The van der Waals surface area contributed by atoms with Crippen LogP contribution in [0.25, 0.3) is 11.1 Å². The lowest BCUT2D eigenvalue weighted by molar-refractivity contribution is -0.137. The minimum Gasteiger partial charge on any atom is -0.481 e. The lowest BCUT2D eigenvalue weighted by Crippen LogP contribution is -2.17. The van der Waals surface area contributed by atoms with E-state index in [0.29, 0.717) is 16.7 Å². The number of carboxylic acids is 1. The summed E-state index contributed by atoms with van der Waals surface area (Å²) in [5.74, 6) is -1.06. The van der Waals surface area contributed by atoms with E-state index in [-0.39, 0.29) is 24.4 Å². The molecule has 3 N–H and O–H groups in total. The number of benzene rings is 2. The fourth-order valence-electron chi connectivity index (χ4n) is 3.08. The third-order valence-corrected chi connectivity index (χ3v) is 4.29. The van der Waals surface area contributed by atoms with Crippen LogP contribution in [0.5, 0.6) is 0 Å². The smallest absolute Gasteiger partial charge is 0.305 e. The van der Waals surface area contributed by atoms with E-state index in [1.165, 1.54) is 6.07 Å². The normalized spacial score (nSPS) is 12.0. The minimum atomic E-state index is -2.65. The van der Waals surface area contributed by atoms with E-state index in [9.17, 15) is 13.6 Å². The molecule has 1 atom stereocenters. The van der Waals surface area contributed by atoms with Gasteiger partial charge in [-0.1, -0.05) is 18.2 Å². The molecule has 0 saturated carbocycles. The molecule has 6 heteroatoms. The maximum absolute atomic E-state index is 13.5. The van der Waals surface area contributed by atoms with Crippen molar-refractivity contribution in [2.45, 2.75) is 39.7 Å². The summed E-state index contributed by atoms with van der Waals surface area (Å²) in [5.41, 5.74) is 10.1. The Morgan fingerprint density at radius 2 is 1.64 bits per heavy atom. The fourth-order valence-corrected chi connectivity index (χ4v) is 3.08. The summed E-state index contributed by atoms with van der Waals surface area (Å²) in [6.07, 6.45) is -2.95. The summed E-state index contributed by atoms with van der Waals surface area (Å²) in [5, 5.41) is 8.96. The van der Waals surface area contributed by atoms with E-state index >= 15 is 0 Å². The standard InChI is InChI=1S/C19H21F2NO2.ClH/c1-10-5-4-6-11(2)18(10)13-7-14(16(22)9-17(23)24)12(3)15(8-13)19(20)21;/h4-8,16,19H,9,22H2,1-3H3,(H,23,24);1H. The van der Waals surface area contributed by atoms with Crippen LogP contribution in [-0.4, -0.2) is 11.1 Å². The second kappa shape index (κ2) is 8.41. The van der Waals surface area contributed by atoms with Crippen LogP contribution in [0.15, 0.2) is 30.3 Å². The molecule has 2 aromatic carbocycles. The maximum Gasteiger partial charge on any atom is 0.305 e. The van der Waals surface area contributed by atoms with Gasteiger partial charge in [-0.15, -0.1) is 12.4 Å². The van der Waals surface area contributed by atoms with E-state index < -0.39 is 18.4 Å². The minimum absolute atomic E-state index is 0. The third kappa shape index (κ3) is 4.55. The molecule has 0 spiro atoms. The van der Waals surface area contributed by atoms with Crippen LogP contribution in [0.3, 0.4) is 0 Å². The molecule has 25 heavy (non-hydrogen) atoms. The van der Waals surface area contributed by atoms with Crippen LogP contribution in [0.2, 0.25) is 0 Å². The lowest BCUT2D eigenvalue weighted by atomic mass is 9.88. The van der Waals surface area contributed by atoms with Gasteiger partial charge in [0.25, 0.3) is 6.43 Å². The van der Waals surface area contributed by atoms with E-state index in [0.717, 1.165) is 16.7 Å². The van der Waals surface area contributed by atoms with Crippen molar-refractivity contribution in [1.29, 1.82) is 0 Å². The number of halogens is 3. The number of carboxylic acid groups (broad SMARTS) is 1. The summed E-state index contributed by atoms with van der Waals surface area (Å²) in [7, 11) is 0. The molecule has 2 rings (SSSR count).